The van der Waals surface area contributed by atoms with E-state index >= 15 is 0 Å². The van der Waals surface area contributed by atoms with Crippen molar-refractivity contribution in [2.75, 3.05) is 26.8 Å². The van der Waals surface area contributed by atoms with Gasteiger partial charge >= 0.3 is 0 Å². The summed E-state index contributed by atoms with van der Waals surface area (Å²) in [6.07, 6.45) is 2.09. The van der Waals surface area contributed by atoms with Crippen molar-refractivity contribution in [1.29, 1.82) is 0 Å². The van der Waals surface area contributed by atoms with Crippen LogP contribution in [0.25, 0.3) is 0 Å². The standard InChI is InChI=1S/C10H20N2O3/c1-15-7-9(13)6-12-10(14)5-8-3-2-4-11-8/h8-9,11,13H,2-7H2,1H3,(H,12,14). The summed E-state index contributed by atoms with van der Waals surface area (Å²) in [6.45, 7) is 1.52. The van der Waals surface area contributed by atoms with Gasteiger partial charge in [-0.15, -0.1) is 0 Å². The van der Waals surface area contributed by atoms with E-state index in [2.05, 4.69) is 10.6 Å². The van der Waals surface area contributed by atoms with Crippen LogP contribution < -0.4 is 10.6 Å². The minimum Gasteiger partial charge on any atom is -0.389 e. The van der Waals surface area contributed by atoms with Gasteiger partial charge in [-0.2, -0.15) is 0 Å². The van der Waals surface area contributed by atoms with Crippen molar-refractivity contribution in [2.24, 2.45) is 0 Å². The molecule has 1 amide bonds. The molecular weight excluding hydrogens is 196 g/mol. The van der Waals surface area contributed by atoms with Crippen molar-refractivity contribution >= 4 is 5.91 Å². The maximum Gasteiger partial charge on any atom is 0.221 e. The number of nitrogens with one attached hydrogen (secondary N) is 2. The quantitative estimate of drug-likeness (QED) is 0.546. The topological polar surface area (TPSA) is 70.6 Å². The highest BCUT2D eigenvalue weighted by atomic mass is 16.5. The molecule has 0 aromatic heterocycles. The SMILES string of the molecule is COCC(O)CNC(=O)CC1CCCN1. The van der Waals surface area contributed by atoms with E-state index in [1.807, 2.05) is 0 Å². The van der Waals surface area contributed by atoms with Gasteiger partial charge in [-0.3, -0.25) is 4.79 Å². The zero-order valence-corrected chi connectivity index (χ0v) is 9.16. The molecule has 3 N–H and O–H groups in total. The number of hydrogen-bond donors (Lipinski definition) is 3. The Labute approximate surface area is 90.2 Å². The molecule has 0 aromatic carbocycles. The molecule has 2 unspecified atom stereocenters. The summed E-state index contributed by atoms with van der Waals surface area (Å²) in [6, 6.07) is 0.310. The van der Waals surface area contributed by atoms with Crippen LogP contribution in [0.5, 0.6) is 0 Å². The number of aliphatic hydroxyl groups excluding tert-OH is 1. The van der Waals surface area contributed by atoms with Crippen LogP contribution in [0, 0.1) is 0 Å². The summed E-state index contributed by atoms with van der Waals surface area (Å²) in [5.74, 6) is -0.00967. The second-order valence-corrected chi connectivity index (χ2v) is 3.91. The Morgan fingerprint density at radius 2 is 2.53 bits per heavy atom. The van der Waals surface area contributed by atoms with Gasteiger partial charge in [-0.25, -0.2) is 0 Å². The third-order valence-electron chi connectivity index (χ3n) is 2.49. The molecule has 5 heteroatoms. The van der Waals surface area contributed by atoms with E-state index in [1.165, 1.54) is 7.11 Å². The third kappa shape index (κ3) is 5.11. The van der Waals surface area contributed by atoms with Crippen molar-refractivity contribution in [2.45, 2.75) is 31.4 Å². The van der Waals surface area contributed by atoms with Gasteiger partial charge in [0.2, 0.25) is 5.91 Å². The van der Waals surface area contributed by atoms with Gasteiger partial charge in [0.1, 0.15) is 0 Å². The lowest BCUT2D eigenvalue weighted by atomic mass is 10.1. The number of hydrogen-bond acceptors (Lipinski definition) is 4. The third-order valence-corrected chi connectivity index (χ3v) is 2.49. The van der Waals surface area contributed by atoms with Gasteiger partial charge in [0, 0.05) is 26.1 Å². The Bertz CT molecular complexity index is 193. The summed E-state index contributed by atoms with van der Waals surface area (Å²) in [5, 5.41) is 15.2. The molecule has 1 rings (SSSR count). The molecule has 1 saturated heterocycles. The van der Waals surface area contributed by atoms with E-state index < -0.39 is 6.10 Å². The van der Waals surface area contributed by atoms with Crippen molar-refractivity contribution in [3.63, 3.8) is 0 Å². The molecule has 0 radical (unpaired) electrons. The zero-order valence-electron chi connectivity index (χ0n) is 9.16. The number of carbonyl (C=O) groups is 1. The number of rotatable bonds is 6. The lowest BCUT2D eigenvalue weighted by Gasteiger charge is -2.13. The highest BCUT2D eigenvalue weighted by Crippen LogP contribution is 2.07. The Morgan fingerprint density at radius 1 is 1.73 bits per heavy atom. The second kappa shape index (κ2) is 6.76. The Hall–Kier alpha value is -0.650. The fourth-order valence-corrected chi connectivity index (χ4v) is 1.71. The number of amides is 1. The van der Waals surface area contributed by atoms with Crippen molar-refractivity contribution < 1.29 is 14.6 Å². The van der Waals surface area contributed by atoms with Crippen LogP contribution in [0.1, 0.15) is 19.3 Å². The van der Waals surface area contributed by atoms with E-state index in [1.54, 1.807) is 0 Å². The molecule has 1 fully saturated rings. The first-order chi connectivity index (χ1) is 7.22. The molecule has 1 aliphatic rings. The molecule has 5 nitrogen and oxygen atoms in total. The lowest BCUT2D eigenvalue weighted by molar-refractivity contribution is -0.122. The molecule has 0 aromatic rings. The van der Waals surface area contributed by atoms with E-state index in [9.17, 15) is 9.90 Å². The van der Waals surface area contributed by atoms with Crippen LogP contribution in [-0.4, -0.2) is 50.0 Å². The predicted octanol–water partition coefficient (Wildman–Crippen LogP) is -0.748. The zero-order chi connectivity index (χ0) is 11.1. The molecule has 0 bridgehead atoms. The van der Waals surface area contributed by atoms with E-state index in [0.717, 1.165) is 19.4 Å². The normalized spacial score (nSPS) is 22.7. The summed E-state index contributed by atoms with van der Waals surface area (Å²) in [7, 11) is 1.52. The molecule has 15 heavy (non-hydrogen) atoms. The average molecular weight is 216 g/mol. The highest BCUT2D eigenvalue weighted by Gasteiger charge is 2.17. The van der Waals surface area contributed by atoms with Crippen molar-refractivity contribution in [3.05, 3.63) is 0 Å². The molecule has 1 aliphatic heterocycles. The molecule has 0 aliphatic carbocycles. The van der Waals surface area contributed by atoms with Gasteiger partial charge in [-0.05, 0) is 19.4 Å². The maximum absolute atomic E-state index is 11.4. The van der Waals surface area contributed by atoms with Gasteiger partial charge < -0.3 is 20.5 Å². The van der Waals surface area contributed by atoms with E-state index in [4.69, 9.17) is 4.74 Å². The molecule has 2 atom stereocenters. The summed E-state index contributed by atoms with van der Waals surface area (Å²) in [4.78, 5) is 11.4. The van der Waals surface area contributed by atoms with Gasteiger partial charge in [0.05, 0.1) is 12.7 Å². The first-order valence-corrected chi connectivity index (χ1v) is 5.39. The highest BCUT2D eigenvalue weighted by molar-refractivity contribution is 5.76. The second-order valence-electron chi connectivity index (χ2n) is 3.91. The number of aliphatic hydroxyl groups is 1. The number of carbonyl (C=O) groups excluding carboxylic acids is 1. The largest absolute Gasteiger partial charge is 0.389 e. The molecule has 0 spiro atoms. The van der Waals surface area contributed by atoms with Crippen LogP contribution in [0.15, 0.2) is 0 Å². The minimum atomic E-state index is -0.615. The molecular formula is C10H20N2O3. The van der Waals surface area contributed by atoms with Crippen LogP contribution in [-0.2, 0) is 9.53 Å². The molecule has 1 heterocycles. The summed E-state index contributed by atoms with van der Waals surface area (Å²) in [5.41, 5.74) is 0. The number of ether oxygens (including phenoxy) is 1. The van der Waals surface area contributed by atoms with Gasteiger partial charge in [0.25, 0.3) is 0 Å². The lowest BCUT2D eigenvalue weighted by Crippen LogP contribution is -2.37. The van der Waals surface area contributed by atoms with Crippen molar-refractivity contribution in [1.82, 2.24) is 10.6 Å². The fraction of sp³-hybridized carbons (Fsp3) is 0.900. The van der Waals surface area contributed by atoms with E-state index in [0.29, 0.717) is 12.5 Å². The first kappa shape index (κ1) is 12.4. The number of methoxy groups -OCH3 is 1. The Kier molecular flexibility index (Phi) is 5.60. The van der Waals surface area contributed by atoms with Gasteiger partial charge in [0.15, 0.2) is 0 Å². The molecule has 0 saturated carbocycles. The fourth-order valence-electron chi connectivity index (χ4n) is 1.71. The van der Waals surface area contributed by atoms with E-state index in [-0.39, 0.29) is 19.1 Å². The van der Waals surface area contributed by atoms with Crippen LogP contribution in [0.3, 0.4) is 0 Å². The molecule has 88 valence electrons. The van der Waals surface area contributed by atoms with Gasteiger partial charge in [-0.1, -0.05) is 0 Å². The Balaban J connectivity index is 2.07. The Morgan fingerprint density at radius 3 is 3.13 bits per heavy atom. The average Bonchev–Trinajstić information content (AvgIpc) is 2.68. The first-order valence-electron chi connectivity index (χ1n) is 5.39. The maximum atomic E-state index is 11.4. The monoisotopic (exact) mass is 216 g/mol. The summed E-state index contributed by atoms with van der Waals surface area (Å²) < 4.78 is 4.76. The smallest absolute Gasteiger partial charge is 0.221 e. The predicted molar refractivity (Wildman–Crippen MR) is 56.5 cm³/mol. The van der Waals surface area contributed by atoms with Crippen LogP contribution in [0.2, 0.25) is 0 Å². The summed E-state index contributed by atoms with van der Waals surface area (Å²) >= 11 is 0. The van der Waals surface area contributed by atoms with Crippen LogP contribution in [0.4, 0.5) is 0 Å². The minimum absolute atomic E-state index is 0.00967. The van der Waals surface area contributed by atoms with Crippen LogP contribution >= 0.6 is 0 Å². The van der Waals surface area contributed by atoms with Crippen molar-refractivity contribution in [3.8, 4) is 0 Å².